The molecule has 32 heavy (non-hydrogen) atoms. The van der Waals surface area contributed by atoms with Gasteiger partial charge in [-0.1, -0.05) is 33.6 Å². The molecule has 0 aliphatic rings. The Hall–Kier alpha value is -3.23. The maximum Gasteiger partial charge on any atom is 0.261 e. The monoisotopic (exact) mass is 509 g/mol. The predicted molar refractivity (Wildman–Crippen MR) is 133 cm³/mol. The van der Waals surface area contributed by atoms with Crippen LogP contribution in [0.25, 0.3) is 22.6 Å². The number of methoxy groups -OCH3 is 1. The van der Waals surface area contributed by atoms with Crippen LogP contribution >= 0.6 is 28.1 Å². The lowest BCUT2D eigenvalue weighted by molar-refractivity contribution is 0.0974. The van der Waals surface area contributed by atoms with Crippen molar-refractivity contribution >= 4 is 56.0 Å². The molecular weight excluding hydrogens is 490 g/mol. The first-order valence-electron chi connectivity index (χ1n) is 9.78. The predicted octanol–water partition coefficient (Wildman–Crippen LogP) is 6.01. The largest absolute Gasteiger partial charge is 0.496 e. The first-order valence-corrected chi connectivity index (χ1v) is 11.0. The zero-order valence-corrected chi connectivity index (χ0v) is 20.1. The molecule has 0 bridgehead atoms. The molecule has 2 N–H and O–H groups in total. The zero-order chi connectivity index (χ0) is 22.8. The summed E-state index contributed by atoms with van der Waals surface area (Å²) in [5.74, 6) is 0.680. The van der Waals surface area contributed by atoms with E-state index in [0.29, 0.717) is 34.0 Å². The van der Waals surface area contributed by atoms with Gasteiger partial charge in [-0.3, -0.25) is 10.1 Å². The highest BCUT2D eigenvalue weighted by Crippen LogP contribution is 2.28. The van der Waals surface area contributed by atoms with Crippen LogP contribution < -0.4 is 15.4 Å². The van der Waals surface area contributed by atoms with E-state index in [1.54, 1.807) is 6.07 Å². The van der Waals surface area contributed by atoms with Crippen LogP contribution in [0.2, 0.25) is 0 Å². The van der Waals surface area contributed by atoms with Crippen LogP contribution in [-0.2, 0) is 0 Å². The topological polar surface area (TPSA) is 76.4 Å². The highest BCUT2D eigenvalue weighted by Gasteiger charge is 2.17. The van der Waals surface area contributed by atoms with Crippen molar-refractivity contribution in [1.29, 1.82) is 0 Å². The van der Waals surface area contributed by atoms with Crippen molar-refractivity contribution in [2.75, 3.05) is 12.4 Å². The molecule has 3 aromatic carbocycles. The van der Waals surface area contributed by atoms with Crippen molar-refractivity contribution in [1.82, 2.24) is 10.3 Å². The van der Waals surface area contributed by atoms with Crippen LogP contribution in [-0.4, -0.2) is 23.1 Å². The Kier molecular flexibility index (Phi) is 6.25. The van der Waals surface area contributed by atoms with Gasteiger partial charge in [-0.05, 0) is 74.1 Å². The van der Waals surface area contributed by atoms with Gasteiger partial charge in [0.25, 0.3) is 5.91 Å². The maximum absolute atomic E-state index is 12.8. The number of hydrogen-bond acceptors (Lipinski definition) is 5. The third-order valence-electron chi connectivity index (χ3n) is 4.86. The standard InChI is InChI=1S/C24H20BrN3O3S/c1-13-4-6-15(7-5-13)23-27-19-12-17(8-9-20(19)31-23)26-24(32)28-22(29)18-11-16(25)10-14(2)21(18)30-3/h4-12H,1-3H3,(H2,26,28,29,32). The molecule has 1 amide bonds. The number of anilines is 1. The van der Waals surface area contributed by atoms with Crippen molar-refractivity contribution in [2.24, 2.45) is 0 Å². The highest BCUT2D eigenvalue weighted by molar-refractivity contribution is 9.10. The molecule has 4 aromatic rings. The number of rotatable bonds is 4. The number of aromatic nitrogens is 1. The number of halogens is 1. The number of aryl methyl sites for hydroxylation is 2. The number of nitrogens with zero attached hydrogens (tertiary/aromatic N) is 1. The van der Waals surface area contributed by atoms with E-state index in [4.69, 9.17) is 21.4 Å². The summed E-state index contributed by atoms with van der Waals surface area (Å²) in [6.07, 6.45) is 0. The first-order chi connectivity index (χ1) is 15.3. The van der Waals surface area contributed by atoms with Crippen molar-refractivity contribution in [2.45, 2.75) is 13.8 Å². The van der Waals surface area contributed by atoms with E-state index in [1.807, 2.05) is 62.4 Å². The Morgan fingerprint density at radius 2 is 1.84 bits per heavy atom. The Morgan fingerprint density at radius 1 is 1.09 bits per heavy atom. The number of thiocarbonyl (C=S) groups is 1. The second kappa shape index (κ2) is 9.10. The van der Waals surface area contributed by atoms with E-state index in [1.165, 1.54) is 12.7 Å². The molecule has 1 aromatic heterocycles. The quantitative estimate of drug-likeness (QED) is 0.328. The summed E-state index contributed by atoms with van der Waals surface area (Å²) >= 11 is 8.74. The molecule has 0 saturated heterocycles. The van der Waals surface area contributed by atoms with Crippen LogP contribution in [0, 0.1) is 13.8 Å². The van der Waals surface area contributed by atoms with Crippen LogP contribution in [0.1, 0.15) is 21.5 Å². The first kappa shape index (κ1) is 22.0. The van der Waals surface area contributed by atoms with Crippen LogP contribution in [0.5, 0.6) is 5.75 Å². The molecule has 162 valence electrons. The number of fused-ring (bicyclic) bond motifs is 1. The lowest BCUT2D eigenvalue weighted by Crippen LogP contribution is -2.34. The summed E-state index contributed by atoms with van der Waals surface area (Å²) < 4.78 is 12.0. The molecule has 0 radical (unpaired) electrons. The van der Waals surface area contributed by atoms with Crippen LogP contribution in [0.15, 0.2) is 63.5 Å². The fourth-order valence-electron chi connectivity index (χ4n) is 3.33. The molecule has 4 rings (SSSR count). The minimum atomic E-state index is -0.368. The molecule has 0 saturated carbocycles. The van der Waals surface area contributed by atoms with Crippen molar-refractivity contribution < 1.29 is 13.9 Å². The van der Waals surface area contributed by atoms with Crippen LogP contribution in [0.4, 0.5) is 5.69 Å². The van der Waals surface area contributed by atoms with E-state index in [9.17, 15) is 4.79 Å². The second-order valence-corrected chi connectivity index (χ2v) is 8.60. The van der Waals surface area contributed by atoms with E-state index >= 15 is 0 Å². The Labute approximate surface area is 199 Å². The molecule has 8 heteroatoms. The smallest absolute Gasteiger partial charge is 0.261 e. The van der Waals surface area contributed by atoms with Crippen molar-refractivity contribution in [3.8, 4) is 17.2 Å². The average Bonchev–Trinajstić information content (AvgIpc) is 3.17. The van der Waals surface area contributed by atoms with Gasteiger partial charge in [0, 0.05) is 15.7 Å². The van der Waals surface area contributed by atoms with Gasteiger partial charge in [0.2, 0.25) is 5.89 Å². The van der Waals surface area contributed by atoms with Gasteiger partial charge in [0.05, 0.1) is 12.7 Å². The van der Waals surface area contributed by atoms with E-state index in [2.05, 4.69) is 31.5 Å². The number of amides is 1. The maximum atomic E-state index is 12.8. The molecule has 0 fully saturated rings. The molecule has 0 atom stereocenters. The summed E-state index contributed by atoms with van der Waals surface area (Å²) in [6, 6.07) is 17.0. The summed E-state index contributed by atoms with van der Waals surface area (Å²) in [5, 5.41) is 5.88. The lowest BCUT2D eigenvalue weighted by atomic mass is 10.1. The minimum Gasteiger partial charge on any atom is -0.496 e. The third-order valence-corrected chi connectivity index (χ3v) is 5.52. The number of benzene rings is 3. The Bertz CT molecular complexity index is 1330. The zero-order valence-electron chi connectivity index (χ0n) is 17.7. The number of nitrogens with one attached hydrogen (secondary N) is 2. The van der Waals surface area contributed by atoms with E-state index < -0.39 is 0 Å². The van der Waals surface area contributed by atoms with Gasteiger partial charge in [-0.15, -0.1) is 0 Å². The normalized spacial score (nSPS) is 10.8. The van der Waals surface area contributed by atoms with E-state index in [0.717, 1.165) is 15.6 Å². The molecule has 0 spiro atoms. The number of ether oxygens (including phenoxy) is 1. The fraction of sp³-hybridized carbons (Fsp3) is 0.125. The third kappa shape index (κ3) is 4.66. The summed E-state index contributed by atoms with van der Waals surface area (Å²) in [5.41, 5.74) is 5.33. The van der Waals surface area contributed by atoms with Gasteiger partial charge < -0.3 is 14.5 Å². The van der Waals surface area contributed by atoms with Crippen LogP contribution in [0.3, 0.4) is 0 Å². The lowest BCUT2D eigenvalue weighted by Gasteiger charge is -2.13. The molecular formula is C24H20BrN3O3S. The summed E-state index contributed by atoms with van der Waals surface area (Å²) in [7, 11) is 1.53. The van der Waals surface area contributed by atoms with Gasteiger partial charge in [-0.2, -0.15) is 0 Å². The average molecular weight is 510 g/mol. The van der Waals surface area contributed by atoms with Gasteiger partial charge in [-0.25, -0.2) is 4.98 Å². The van der Waals surface area contributed by atoms with Gasteiger partial charge in [0.1, 0.15) is 11.3 Å². The fourth-order valence-corrected chi connectivity index (χ4v) is 4.11. The Morgan fingerprint density at radius 3 is 2.56 bits per heavy atom. The molecule has 6 nitrogen and oxygen atoms in total. The molecule has 0 unspecified atom stereocenters. The minimum absolute atomic E-state index is 0.163. The number of carbonyl (C=O) groups excluding carboxylic acids is 1. The van der Waals surface area contributed by atoms with Gasteiger partial charge >= 0.3 is 0 Å². The molecule has 0 aliphatic heterocycles. The summed E-state index contributed by atoms with van der Waals surface area (Å²) in [6.45, 7) is 3.90. The highest BCUT2D eigenvalue weighted by atomic mass is 79.9. The van der Waals surface area contributed by atoms with Crippen molar-refractivity contribution in [3.05, 3.63) is 75.8 Å². The van der Waals surface area contributed by atoms with E-state index in [-0.39, 0.29) is 11.0 Å². The number of hydrogen-bond donors (Lipinski definition) is 2. The molecule has 0 aliphatic carbocycles. The SMILES string of the molecule is COc1c(C)cc(Br)cc1C(=O)NC(=S)Nc1ccc2oc(-c3ccc(C)cc3)nc2c1. The second-order valence-electron chi connectivity index (χ2n) is 7.28. The summed E-state index contributed by atoms with van der Waals surface area (Å²) in [4.78, 5) is 17.3. The van der Waals surface area contributed by atoms with Crippen molar-refractivity contribution in [3.63, 3.8) is 0 Å². The Balaban J connectivity index is 1.50. The number of carbonyl (C=O) groups is 1. The molecule has 1 heterocycles. The number of oxazole rings is 1. The van der Waals surface area contributed by atoms with Gasteiger partial charge in [0.15, 0.2) is 10.7 Å².